The van der Waals surface area contributed by atoms with Crippen molar-refractivity contribution < 1.29 is 9.90 Å². The van der Waals surface area contributed by atoms with Crippen molar-refractivity contribution in [2.45, 2.75) is 13.0 Å². The highest BCUT2D eigenvalue weighted by Gasteiger charge is 2.23. The quantitative estimate of drug-likeness (QED) is 0.913. The summed E-state index contributed by atoms with van der Waals surface area (Å²) < 4.78 is 0.682. The van der Waals surface area contributed by atoms with Gasteiger partial charge in [0, 0.05) is 28.6 Å². The number of halogens is 1. The van der Waals surface area contributed by atoms with Crippen molar-refractivity contribution >= 4 is 39.1 Å². The molecular weight excluding hydrogens is 328 g/mol. The molecule has 0 aliphatic carbocycles. The lowest BCUT2D eigenvalue weighted by Crippen LogP contribution is -2.31. The maximum absolute atomic E-state index is 11.3. The second-order valence-corrected chi connectivity index (χ2v) is 6.29. The second kappa shape index (κ2) is 4.94. The molecule has 2 aromatic heterocycles. The fourth-order valence-corrected chi connectivity index (χ4v) is 3.49. The van der Waals surface area contributed by atoms with Gasteiger partial charge in [0.15, 0.2) is 0 Å². The summed E-state index contributed by atoms with van der Waals surface area (Å²) in [6.45, 7) is 1.54. The van der Waals surface area contributed by atoms with E-state index in [-0.39, 0.29) is 5.56 Å². The van der Waals surface area contributed by atoms with Crippen molar-refractivity contribution in [1.29, 1.82) is 0 Å². The summed E-state index contributed by atoms with van der Waals surface area (Å²) in [6, 6.07) is 3.71. The van der Waals surface area contributed by atoms with Crippen molar-refractivity contribution in [1.82, 2.24) is 4.98 Å². The number of nitrogens with zero attached hydrogens (tertiary/aromatic N) is 2. The number of thiophene rings is 1. The number of carboxylic acid groups (broad SMARTS) is 1. The van der Waals surface area contributed by atoms with E-state index < -0.39 is 5.97 Å². The monoisotopic (exact) mass is 338 g/mol. The van der Waals surface area contributed by atoms with Gasteiger partial charge in [-0.05, 0) is 45.4 Å². The van der Waals surface area contributed by atoms with Gasteiger partial charge in [-0.15, -0.1) is 11.3 Å². The Labute approximate surface area is 122 Å². The molecule has 0 radical (unpaired) electrons. The minimum absolute atomic E-state index is 0.244. The summed E-state index contributed by atoms with van der Waals surface area (Å²) in [4.78, 5) is 19.0. The molecule has 3 heterocycles. The fourth-order valence-electron chi connectivity index (χ4n) is 2.27. The van der Waals surface area contributed by atoms with Crippen LogP contribution in [-0.2, 0) is 13.0 Å². The van der Waals surface area contributed by atoms with Gasteiger partial charge in [-0.2, -0.15) is 0 Å². The predicted octanol–water partition coefficient (Wildman–Crippen LogP) is 3.17. The first kappa shape index (κ1) is 12.6. The van der Waals surface area contributed by atoms with Crippen LogP contribution >= 0.6 is 27.3 Å². The Morgan fingerprint density at radius 3 is 3.16 bits per heavy atom. The number of hydrogen-bond donors (Lipinski definition) is 1. The van der Waals surface area contributed by atoms with Gasteiger partial charge in [-0.1, -0.05) is 0 Å². The minimum Gasteiger partial charge on any atom is -0.478 e. The number of carbonyl (C=O) groups is 1. The third-order valence-corrected chi connectivity index (χ3v) is 4.63. The molecule has 2 aromatic rings. The van der Waals surface area contributed by atoms with Gasteiger partial charge in [0.2, 0.25) is 0 Å². The molecule has 0 fully saturated rings. The smallest absolute Gasteiger partial charge is 0.339 e. The zero-order valence-electron chi connectivity index (χ0n) is 9.97. The summed E-state index contributed by atoms with van der Waals surface area (Å²) in [5, 5.41) is 11.4. The lowest BCUT2D eigenvalue weighted by molar-refractivity contribution is 0.0697. The number of carboxylic acids is 1. The zero-order valence-corrected chi connectivity index (χ0v) is 12.4. The number of pyridine rings is 1. The van der Waals surface area contributed by atoms with Gasteiger partial charge in [0.05, 0.1) is 0 Å². The Morgan fingerprint density at radius 1 is 1.53 bits per heavy atom. The molecule has 6 heteroatoms. The Balaban J connectivity index is 1.98. The van der Waals surface area contributed by atoms with Crippen LogP contribution in [0.1, 0.15) is 20.8 Å². The Hall–Kier alpha value is -1.40. The van der Waals surface area contributed by atoms with E-state index in [1.807, 2.05) is 4.90 Å². The van der Waals surface area contributed by atoms with E-state index in [0.29, 0.717) is 10.3 Å². The average Bonchev–Trinajstić information content (AvgIpc) is 2.85. The van der Waals surface area contributed by atoms with Crippen molar-refractivity contribution in [2.75, 3.05) is 11.4 Å². The van der Waals surface area contributed by atoms with Crippen LogP contribution < -0.4 is 4.90 Å². The zero-order chi connectivity index (χ0) is 13.4. The number of anilines is 1. The molecule has 98 valence electrons. The topological polar surface area (TPSA) is 53.4 Å². The average molecular weight is 339 g/mol. The Morgan fingerprint density at radius 2 is 2.37 bits per heavy atom. The van der Waals surface area contributed by atoms with Crippen LogP contribution in [0.2, 0.25) is 0 Å². The van der Waals surface area contributed by atoms with Gasteiger partial charge in [0.25, 0.3) is 0 Å². The van der Waals surface area contributed by atoms with E-state index in [4.69, 9.17) is 0 Å². The summed E-state index contributed by atoms with van der Waals surface area (Å²) in [5.74, 6) is -0.396. The van der Waals surface area contributed by atoms with Crippen molar-refractivity contribution in [3.05, 3.63) is 44.2 Å². The summed E-state index contributed by atoms with van der Waals surface area (Å²) in [5.41, 5.74) is 1.52. The van der Waals surface area contributed by atoms with Crippen LogP contribution in [0.5, 0.6) is 0 Å². The molecule has 1 N–H and O–H groups in total. The molecule has 0 atom stereocenters. The summed E-state index contributed by atoms with van der Waals surface area (Å²) in [7, 11) is 0. The van der Waals surface area contributed by atoms with Gasteiger partial charge in [-0.25, -0.2) is 9.78 Å². The van der Waals surface area contributed by atoms with E-state index in [1.54, 1.807) is 23.6 Å². The molecule has 1 aliphatic heterocycles. The molecule has 19 heavy (non-hydrogen) atoms. The van der Waals surface area contributed by atoms with Crippen molar-refractivity contribution in [3.8, 4) is 0 Å². The molecular formula is C13H11BrN2O2S. The Bertz CT molecular complexity index is 641. The fraction of sp³-hybridized carbons (Fsp3) is 0.231. The van der Waals surface area contributed by atoms with E-state index in [0.717, 1.165) is 19.5 Å². The first-order valence-electron chi connectivity index (χ1n) is 5.84. The SMILES string of the molecule is O=C(O)c1cc(Br)cnc1N1CCc2sccc2C1. The van der Waals surface area contributed by atoms with Crippen LogP contribution in [0.15, 0.2) is 28.2 Å². The molecule has 0 spiro atoms. The van der Waals surface area contributed by atoms with Crippen LogP contribution in [0.25, 0.3) is 0 Å². The van der Waals surface area contributed by atoms with Gasteiger partial charge >= 0.3 is 5.97 Å². The highest BCUT2D eigenvalue weighted by molar-refractivity contribution is 9.10. The summed E-state index contributed by atoms with van der Waals surface area (Å²) >= 11 is 5.03. The van der Waals surface area contributed by atoms with Gasteiger partial charge in [-0.3, -0.25) is 0 Å². The third-order valence-electron chi connectivity index (χ3n) is 3.17. The first-order valence-corrected chi connectivity index (χ1v) is 7.51. The van der Waals surface area contributed by atoms with E-state index in [9.17, 15) is 9.90 Å². The highest BCUT2D eigenvalue weighted by atomic mass is 79.9. The minimum atomic E-state index is -0.945. The van der Waals surface area contributed by atoms with Crippen LogP contribution in [0, 0.1) is 0 Å². The molecule has 0 aromatic carbocycles. The molecule has 0 saturated heterocycles. The Kier molecular flexibility index (Phi) is 3.28. The number of rotatable bonds is 2. The van der Waals surface area contributed by atoms with E-state index in [2.05, 4.69) is 32.4 Å². The molecule has 0 saturated carbocycles. The third kappa shape index (κ3) is 2.37. The van der Waals surface area contributed by atoms with Crippen LogP contribution in [0.3, 0.4) is 0 Å². The molecule has 3 rings (SSSR count). The van der Waals surface area contributed by atoms with E-state index >= 15 is 0 Å². The lowest BCUT2D eigenvalue weighted by atomic mass is 10.1. The van der Waals surface area contributed by atoms with Gasteiger partial charge < -0.3 is 10.0 Å². The molecule has 0 unspecified atom stereocenters. The first-order chi connectivity index (χ1) is 9.15. The largest absolute Gasteiger partial charge is 0.478 e. The van der Waals surface area contributed by atoms with Crippen LogP contribution in [0.4, 0.5) is 5.82 Å². The molecule has 0 amide bonds. The van der Waals surface area contributed by atoms with Crippen molar-refractivity contribution in [3.63, 3.8) is 0 Å². The number of aromatic carboxylic acids is 1. The van der Waals surface area contributed by atoms with Crippen LogP contribution in [-0.4, -0.2) is 22.6 Å². The predicted molar refractivity (Wildman–Crippen MR) is 78.0 cm³/mol. The molecule has 4 nitrogen and oxygen atoms in total. The normalized spacial score (nSPS) is 14.3. The van der Waals surface area contributed by atoms with Gasteiger partial charge in [0.1, 0.15) is 11.4 Å². The maximum atomic E-state index is 11.3. The molecule has 1 aliphatic rings. The standard InChI is InChI=1S/C13H11BrN2O2S/c14-9-5-10(13(17)18)12(15-6-9)16-3-1-11-8(7-16)2-4-19-11/h2,4-6H,1,3,7H2,(H,17,18). The number of hydrogen-bond acceptors (Lipinski definition) is 4. The summed E-state index contributed by atoms with van der Waals surface area (Å²) in [6.07, 6.45) is 2.59. The number of aromatic nitrogens is 1. The highest BCUT2D eigenvalue weighted by Crippen LogP contribution is 2.29. The second-order valence-electron chi connectivity index (χ2n) is 4.37. The molecule has 0 bridgehead atoms. The van der Waals surface area contributed by atoms with Crippen molar-refractivity contribution in [2.24, 2.45) is 0 Å². The lowest BCUT2D eigenvalue weighted by Gasteiger charge is -2.29. The number of fused-ring (bicyclic) bond motifs is 1. The maximum Gasteiger partial charge on any atom is 0.339 e. The van der Waals surface area contributed by atoms with E-state index in [1.165, 1.54) is 10.4 Å².